The molecule has 36 heavy (non-hydrogen) atoms. The van der Waals surface area contributed by atoms with Crippen LogP contribution in [-0.4, -0.2) is 33.1 Å². The van der Waals surface area contributed by atoms with Crippen LogP contribution in [0.25, 0.3) is 10.4 Å². The minimum absolute atomic E-state index is 0.151. The number of carboxylic acids is 1. The molecule has 4 rings (SSSR count). The maximum absolute atomic E-state index is 13.0. The monoisotopic (exact) mass is 520 g/mol. The summed E-state index contributed by atoms with van der Waals surface area (Å²) >= 11 is 1.46. The molecule has 1 aromatic carbocycles. The summed E-state index contributed by atoms with van der Waals surface area (Å²) in [4.78, 5) is 24.7. The van der Waals surface area contributed by atoms with Crippen molar-refractivity contribution in [1.82, 2.24) is 15.0 Å². The summed E-state index contributed by atoms with van der Waals surface area (Å²) in [5, 5.41) is 13.3. The van der Waals surface area contributed by atoms with E-state index in [9.17, 15) is 23.1 Å². The number of aromatic nitrogens is 3. The summed E-state index contributed by atoms with van der Waals surface area (Å²) in [6.45, 7) is 5.78. The van der Waals surface area contributed by atoms with Crippen LogP contribution in [0.1, 0.15) is 49.4 Å². The average molecular weight is 521 g/mol. The topological polar surface area (TPSA) is 97.2 Å². The highest BCUT2D eigenvalue weighted by Crippen LogP contribution is 2.52. The quantitative estimate of drug-likeness (QED) is 0.387. The number of aryl methyl sites for hydroxylation is 1. The Labute approximate surface area is 210 Å². The Morgan fingerprint density at radius 2 is 2.00 bits per heavy atom. The fourth-order valence-corrected chi connectivity index (χ4v) is 6.04. The smallest absolute Gasteiger partial charge is 0.433 e. The molecule has 7 nitrogen and oxygen atoms in total. The minimum atomic E-state index is -4.56. The molecule has 1 fully saturated rings. The fraction of sp³-hybridized carbons (Fsp3) is 0.440. The normalized spacial score (nSPS) is 21.8. The van der Waals surface area contributed by atoms with Gasteiger partial charge in [0, 0.05) is 25.2 Å². The number of alkyl halides is 3. The molecule has 0 unspecified atom stereocenters. The molecule has 2 heterocycles. The highest BCUT2D eigenvalue weighted by Gasteiger charge is 2.50. The third kappa shape index (κ3) is 5.22. The zero-order chi connectivity index (χ0) is 26.3. The number of anilines is 2. The predicted molar refractivity (Wildman–Crippen MR) is 130 cm³/mol. The number of nitrogens with one attached hydrogen (secondary N) is 1. The first kappa shape index (κ1) is 26.0. The van der Waals surface area contributed by atoms with Crippen molar-refractivity contribution in [2.45, 2.75) is 51.8 Å². The van der Waals surface area contributed by atoms with Crippen molar-refractivity contribution in [2.75, 3.05) is 12.4 Å². The van der Waals surface area contributed by atoms with E-state index in [1.807, 2.05) is 26.8 Å². The Bertz CT molecular complexity index is 1280. The third-order valence-electron chi connectivity index (χ3n) is 6.67. The molecule has 11 heteroatoms. The highest BCUT2D eigenvalue weighted by atomic mass is 32.1. The van der Waals surface area contributed by atoms with Gasteiger partial charge in [0.1, 0.15) is 16.3 Å². The number of halogens is 3. The molecule has 2 aromatic heterocycles. The molecule has 0 aliphatic heterocycles. The third-order valence-corrected chi connectivity index (χ3v) is 7.90. The van der Waals surface area contributed by atoms with E-state index in [-0.39, 0.29) is 5.95 Å². The molecule has 1 aliphatic rings. The molecule has 2 atom stereocenters. The van der Waals surface area contributed by atoms with Gasteiger partial charge in [-0.15, -0.1) is 11.3 Å². The second kappa shape index (κ2) is 9.44. The first-order valence-corrected chi connectivity index (χ1v) is 12.2. The van der Waals surface area contributed by atoms with Crippen molar-refractivity contribution in [3.05, 3.63) is 52.9 Å². The number of benzene rings is 1. The first-order valence-electron chi connectivity index (χ1n) is 11.4. The number of thiazole rings is 1. The summed E-state index contributed by atoms with van der Waals surface area (Å²) < 4.78 is 45.0. The molecule has 1 aliphatic carbocycles. The number of hydrogen-bond donors (Lipinski definition) is 2. The number of nitrogens with zero attached hydrogens (tertiary/aromatic N) is 3. The van der Waals surface area contributed by atoms with Crippen molar-refractivity contribution >= 4 is 28.9 Å². The average Bonchev–Trinajstić information content (AvgIpc) is 3.28. The van der Waals surface area contributed by atoms with Crippen LogP contribution >= 0.6 is 11.3 Å². The first-order chi connectivity index (χ1) is 16.8. The number of aliphatic carboxylic acids is 1. The zero-order valence-electron chi connectivity index (χ0n) is 20.3. The van der Waals surface area contributed by atoms with Gasteiger partial charge < -0.3 is 15.2 Å². The standard InChI is InChI=1S/C25H27F3N4O3S/c1-14-9-15(11-16(10-14)31-22-29-8-6-19(32-22)25(26,27)28)18-12-30-21(36-18)24(35-4)7-5-17(20(33)34)23(2,3)13-24/h6,8-12,17H,5,7,13H2,1-4H3,(H,33,34)(H,29,31,32)/t17-,24-/m1/s1. The molecule has 0 bridgehead atoms. The van der Waals surface area contributed by atoms with Crippen LogP contribution in [0.5, 0.6) is 0 Å². The summed E-state index contributed by atoms with van der Waals surface area (Å²) in [5.74, 6) is -1.40. The Kier molecular flexibility index (Phi) is 6.82. The van der Waals surface area contributed by atoms with Crippen LogP contribution in [0.4, 0.5) is 24.8 Å². The van der Waals surface area contributed by atoms with Crippen LogP contribution in [0.3, 0.4) is 0 Å². The molecule has 0 spiro atoms. The fourth-order valence-electron chi connectivity index (χ4n) is 4.94. The van der Waals surface area contributed by atoms with E-state index in [1.165, 1.54) is 11.3 Å². The van der Waals surface area contributed by atoms with Crippen molar-refractivity contribution in [3.8, 4) is 10.4 Å². The van der Waals surface area contributed by atoms with Crippen LogP contribution in [-0.2, 0) is 21.3 Å². The van der Waals surface area contributed by atoms with E-state index in [4.69, 9.17) is 4.74 Å². The number of ether oxygens (including phenoxy) is 1. The van der Waals surface area contributed by atoms with Gasteiger partial charge in [0.15, 0.2) is 0 Å². The molecule has 1 saturated carbocycles. The van der Waals surface area contributed by atoms with E-state index >= 15 is 0 Å². The van der Waals surface area contributed by atoms with E-state index in [1.54, 1.807) is 25.4 Å². The number of carboxylic acid groups (broad SMARTS) is 1. The lowest BCUT2D eigenvalue weighted by Crippen LogP contribution is -2.45. The molecule has 0 saturated heterocycles. The molecular formula is C25H27F3N4O3S. The lowest BCUT2D eigenvalue weighted by molar-refractivity contribution is -0.156. The summed E-state index contributed by atoms with van der Waals surface area (Å²) in [6.07, 6.45) is -0.198. The lowest BCUT2D eigenvalue weighted by Gasteiger charge is -2.46. The molecule has 3 aromatic rings. The zero-order valence-corrected chi connectivity index (χ0v) is 21.1. The van der Waals surface area contributed by atoms with Crippen LogP contribution in [0, 0.1) is 18.3 Å². The van der Waals surface area contributed by atoms with Crippen molar-refractivity contribution in [1.29, 1.82) is 0 Å². The maximum Gasteiger partial charge on any atom is 0.433 e. The number of rotatable bonds is 6. The molecule has 192 valence electrons. The number of methoxy groups -OCH3 is 1. The Hall–Kier alpha value is -3.05. The van der Waals surface area contributed by atoms with E-state index in [0.717, 1.165) is 33.3 Å². The van der Waals surface area contributed by atoms with Gasteiger partial charge in [-0.05, 0) is 60.9 Å². The summed E-state index contributed by atoms with van der Waals surface area (Å²) in [5.41, 5.74) is 0.0839. The van der Waals surface area contributed by atoms with Gasteiger partial charge in [0.2, 0.25) is 5.95 Å². The molecular weight excluding hydrogens is 493 g/mol. The van der Waals surface area contributed by atoms with Gasteiger partial charge in [-0.3, -0.25) is 4.79 Å². The largest absolute Gasteiger partial charge is 0.481 e. The van der Waals surface area contributed by atoms with E-state index < -0.39 is 34.8 Å². The second-order valence-corrected chi connectivity index (χ2v) is 10.8. The van der Waals surface area contributed by atoms with E-state index in [2.05, 4.69) is 20.3 Å². The van der Waals surface area contributed by atoms with Crippen molar-refractivity contribution in [3.63, 3.8) is 0 Å². The minimum Gasteiger partial charge on any atom is -0.481 e. The molecule has 0 radical (unpaired) electrons. The second-order valence-electron chi connectivity index (χ2n) is 9.80. The van der Waals surface area contributed by atoms with Gasteiger partial charge in [-0.1, -0.05) is 19.9 Å². The van der Waals surface area contributed by atoms with Crippen molar-refractivity contribution in [2.24, 2.45) is 11.3 Å². The SMILES string of the molecule is CO[C@]1(c2ncc(-c3cc(C)cc(Nc4nccc(C(F)(F)F)n4)c3)s2)CC[C@H](C(=O)O)C(C)(C)C1. The van der Waals surface area contributed by atoms with Gasteiger partial charge in [0.25, 0.3) is 0 Å². The van der Waals surface area contributed by atoms with Gasteiger partial charge >= 0.3 is 12.1 Å². The van der Waals surface area contributed by atoms with Gasteiger partial charge in [-0.2, -0.15) is 13.2 Å². The summed E-state index contributed by atoms with van der Waals surface area (Å²) in [6, 6.07) is 6.38. The van der Waals surface area contributed by atoms with Crippen LogP contribution in [0.2, 0.25) is 0 Å². The lowest BCUT2D eigenvalue weighted by atomic mass is 9.63. The van der Waals surface area contributed by atoms with Gasteiger partial charge in [0.05, 0.1) is 10.8 Å². The maximum atomic E-state index is 13.0. The molecule has 2 N–H and O–H groups in total. The van der Waals surface area contributed by atoms with Gasteiger partial charge in [-0.25, -0.2) is 15.0 Å². The number of hydrogen-bond acceptors (Lipinski definition) is 7. The highest BCUT2D eigenvalue weighted by molar-refractivity contribution is 7.15. The van der Waals surface area contributed by atoms with Crippen LogP contribution in [0.15, 0.2) is 36.7 Å². The Morgan fingerprint density at radius 3 is 2.64 bits per heavy atom. The van der Waals surface area contributed by atoms with Crippen molar-refractivity contribution < 1.29 is 27.8 Å². The summed E-state index contributed by atoms with van der Waals surface area (Å²) in [7, 11) is 1.63. The molecule has 0 amide bonds. The Morgan fingerprint density at radius 1 is 1.25 bits per heavy atom. The predicted octanol–water partition coefficient (Wildman–Crippen LogP) is 6.42. The Balaban J connectivity index is 1.62. The van der Waals surface area contributed by atoms with E-state index in [0.29, 0.717) is 24.9 Å². The van der Waals surface area contributed by atoms with Crippen LogP contribution < -0.4 is 5.32 Å². The number of carbonyl (C=O) groups is 1.